The first-order valence-electron chi connectivity index (χ1n) is 10.4. The minimum atomic E-state index is -0.494. The van der Waals surface area contributed by atoms with Crippen LogP contribution >= 0.6 is 0 Å². The number of nitrogens with zero attached hydrogens (tertiary/aromatic N) is 1. The maximum absolute atomic E-state index is 10.6. The highest BCUT2D eigenvalue weighted by atomic mass is 16.5. The summed E-state index contributed by atoms with van der Waals surface area (Å²) < 4.78 is 5.63. The maximum atomic E-state index is 10.6. The fourth-order valence-electron chi connectivity index (χ4n) is 4.43. The van der Waals surface area contributed by atoms with Gasteiger partial charge in [-0.1, -0.05) is 91.0 Å². The van der Waals surface area contributed by atoms with E-state index in [0.29, 0.717) is 0 Å². The minimum Gasteiger partial charge on any atom is -0.386 e. The smallest absolute Gasteiger partial charge is 0.103 e. The standard InChI is InChI=1S/C17H17NO.C10H8O/c1-18(14-8-3-2-4-9-14)16-12-11-13-7-5-6-10-15(13)17(16)19;1-2-4-8-7(3-1)9-5-6-10(8)11-9/h2-12,16-17,19H,1H3;1-6,9-10H/t16-,17-;/m1./s1. The number of para-hydroxylation sites is 1. The highest BCUT2D eigenvalue weighted by Crippen LogP contribution is 2.45. The fraction of sp³-hybridized carbons (Fsp3) is 0.185. The van der Waals surface area contributed by atoms with Crippen molar-refractivity contribution < 1.29 is 9.84 Å². The zero-order chi connectivity index (χ0) is 20.5. The Morgan fingerprint density at radius 3 is 1.93 bits per heavy atom. The molecule has 2 heterocycles. The number of anilines is 1. The summed E-state index contributed by atoms with van der Waals surface area (Å²) in [7, 11) is 2.02. The average Bonchev–Trinajstić information content (AvgIpc) is 3.43. The van der Waals surface area contributed by atoms with Crippen molar-refractivity contribution in [3.05, 3.63) is 119 Å². The van der Waals surface area contributed by atoms with Crippen LogP contribution in [0.3, 0.4) is 0 Å². The van der Waals surface area contributed by atoms with E-state index in [4.69, 9.17) is 4.74 Å². The van der Waals surface area contributed by atoms with Gasteiger partial charge < -0.3 is 14.7 Å². The summed E-state index contributed by atoms with van der Waals surface area (Å²) in [5.41, 5.74) is 5.90. The van der Waals surface area contributed by atoms with E-state index in [1.807, 2.05) is 49.5 Å². The van der Waals surface area contributed by atoms with Crippen LogP contribution in [0, 0.1) is 0 Å². The number of benzene rings is 3. The minimum absolute atomic E-state index is 0.0303. The van der Waals surface area contributed by atoms with Crippen LogP contribution in [-0.2, 0) is 4.74 Å². The Morgan fingerprint density at radius 1 is 0.700 bits per heavy atom. The van der Waals surface area contributed by atoms with Gasteiger partial charge in [-0.25, -0.2) is 0 Å². The third kappa shape index (κ3) is 3.36. The van der Waals surface area contributed by atoms with E-state index < -0.39 is 6.10 Å². The van der Waals surface area contributed by atoms with E-state index in [1.54, 1.807) is 0 Å². The maximum Gasteiger partial charge on any atom is 0.103 e. The SMILES string of the molecule is C1=CC2OC1c1ccccc12.CN(c1ccccc1)[C@@H]1C=Cc2ccccc2[C@H]1O. The van der Waals surface area contributed by atoms with Crippen molar-refractivity contribution in [1.29, 1.82) is 0 Å². The summed E-state index contributed by atoms with van der Waals surface area (Å²) in [5.74, 6) is 0. The summed E-state index contributed by atoms with van der Waals surface area (Å²) in [6.45, 7) is 0. The zero-order valence-electron chi connectivity index (χ0n) is 16.9. The molecule has 2 bridgehead atoms. The van der Waals surface area contributed by atoms with Gasteiger partial charge in [0.15, 0.2) is 0 Å². The molecule has 0 saturated carbocycles. The van der Waals surface area contributed by atoms with Gasteiger partial charge in [0.25, 0.3) is 0 Å². The molecule has 0 fully saturated rings. The van der Waals surface area contributed by atoms with Crippen molar-refractivity contribution in [3.63, 3.8) is 0 Å². The number of fused-ring (bicyclic) bond motifs is 6. The Bertz CT molecular complexity index is 1060. The monoisotopic (exact) mass is 395 g/mol. The Hall–Kier alpha value is -3.14. The molecule has 30 heavy (non-hydrogen) atoms. The van der Waals surface area contributed by atoms with Crippen molar-refractivity contribution in [1.82, 2.24) is 0 Å². The second-order valence-electron chi connectivity index (χ2n) is 7.86. The van der Waals surface area contributed by atoms with Crippen molar-refractivity contribution in [2.75, 3.05) is 11.9 Å². The second-order valence-corrected chi connectivity index (χ2v) is 7.86. The molecule has 6 rings (SSSR count). The topological polar surface area (TPSA) is 32.7 Å². The lowest BCUT2D eigenvalue weighted by Crippen LogP contribution is -2.36. The third-order valence-corrected chi connectivity index (χ3v) is 6.08. The van der Waals surface area contributed by atoms with Gasteiger partial charge >= 0.3 is 0 Å². The van der Waals surface area contributed by atoms with E-state index >= 15 is 0 Å². The van der Waals surface area contributed by atoms with E-state index in [9.17, 15) is 5.11 Å². The van der Waals surface area contributed by atoms with Crippen LogP contribution in [-0.4, -0.2) is 18.2 Å². The molecule has 1 N–H and O–H groups in total. The van der Waals surface area contributed by atoms with Crippen molar-refractivity contribution in [2.45, 2.75) is 24.4 Å². The molecule has 0 spiro atoms. The van der Waals surface area contributed by atoms with Crippen LogP contribution < -0.4 is 4.90 Å². The summed E-state index contributed by atoms with van der Waals surface area (Å²) in [5, 5.41) is 10.6. The second kappa shape index (κ2) is 7.94. The molecule has 3 heteroatoms. The van der Waals surface area contributed by atoms with Gasteiger partial charge in [-0.15, -0.1) is 0 Å². The molecule has 0 saturated heterocycles. The van der Waals surface area contributed by atoms with Crippen LogP contribution in [0.15, 0.2) is 97.1 Å². The van der Waals surface area contributed by atoms with Crippen LogP contribution in [0.2, 0.25) is 0 Å². The van der Waals surface area contributed by atoms with E-state index in [0.717, 1.165) is 16.8 Å². The first-order valence-corrected chi connectivity index (χ1v) is 10.4. The van der Waals surface area contributed by atoms with E-state index in [-0.39, 0.29) is 18.2 Å². The Kier molecular flexibility index (Phi) is 4.99. The van der Waals surface area contributed by atoms with Crippen molar-refractivity contribution >= 4 is 11.8 Å². The van der Waals surface area contributed by atoms with Gasteiger partial charge in [0.05, 0.1) is 6.04 Å². The highest BCUT2D eigenvalue weighted by Gasteiger charge is 2.32. The molecule has 1 aliphatic carbocycles. The van der Waals surface area contributed by atoms with Crippen molar-refractivity contribution in [3.8, 4) is 0 Å². The van der Waals surface area contributed by atoms with E-state index in [1.165, 1.54) is 11.1 Å². The Morgan fingerprint density at radius 2 is 1.27 bits per heavy atom. The first kappa shape index (κ1) is 18.9. The molecule has 3 aliphatic rings. The number of ether oxygens (including phenoxy) is 1. The lowest BCUT2D eigenvalue weighted by atomic mass is 9.90. The van der Waals surface area contributed by atoms with Gasteiger partial charge in [-0.05, 0) is 34.4 Å². The molecule has 4 atom stereocenters. The lowest BCUT2D eigenvalue weighted by molar-refractivity contribution is 0.0878. The number of aliphatic hydroxyl groups excluding tert-OH is 1. The average molecular weight is 396 g/mol. The van der Waals surface area contributed by atoms with Gasteiger partial charge in [-0.2, -0.15) is 0 Å². The quantitative estimate of drug-likeness (QED) is 0.572. The number of hydrogen-bond donors (Lipinski definition) is 1. The molecule has 150 valence electrons. The molecular weight excluding hydrogens is 370 g/mol. The summed E-state index contributed by atoms with van der Waals surface area (Å²) in [6, 6.07) is 26.5. The molecule has 0 aromatic heterocycles. The normalized spacial score (nSPS) is 24.6. The van der Waals surface area contributed by atoms with Gasteiger partial charge in [0, 0.05) is 12.7 Å². The van der Waals surface area contributed by atoms with E-state index in [2.05, 4.69) is 65.6 Å². The summed E-state index contributed by atoms with van der Waals surface area (Å²) in [4.78, 5) is 2.11. The molecule has 3 aromatic carbocycles. The Balaban J connectivity index is 0.000000147. The van der Waals surface area contributed by atoms with Gasteiger partial charge in [0.1, 0.15) is 18.3 Å². The molecule has 0 radical (unpaired) electrons. The third-order valence-electron chi connectivity index (χ3n) is 6.08. The predicted molar refractivity (Wildman–Crippen MR) is 121 cm³/mol. The van der Waals surface area contributed by atoms with Crippen LogP contribution in [0.1, 0.15) is 40.6 Å². The molecule has 3 aromatic rings. The first-order chi connectivity index (χ1) is 14.7. The van der Waals surface area contributed by atoms with Crippen LogP contribution in [0.5, 0.6) is 0 Å². The molecule has 2 unspecified atom stereocenters. The summed E-state index contributed by atoms with van der Waals surface area (Å²) >= 11 is 0. The molecule has 2 aliphatic heterocycles. The Labute approximate surface area is 177 Å². The van der Waals surface area contributed by atoms with Crippen LogP contribution in [0.25, 0.3) is 6.08 Å². The summed E-state index contributed by atoms with van der Waals surface area (Å²) in [6.07, 6.45) is 8.42. The number of likely N-dealkylation sites (N-methyl/N-ethyl adjacent to an activating group) is 1. The number of aliphatic hydroxyl groups is 1. The molecule has 0 amide bonds. The van der Waals surface area contributed by atoms with Gasteiger partial charge in [0.2, 0.25) is 0 Å². The highest BCUT2D eigenvalue weighted by molar-refractivity contribution is 5.61. The predicted octanol–water partition coefficient (Wildman–Crippen LogP) is 5.62. The lowest BCUT2D eigenvalue weighted by Gasteiger charge is -2.34. The number of rotatable bonds is 2. The molecular formula is C27H25NO2. The van der Waals surface area contributed by atoms with Crippen molar-refractivity contribution in [2.24, 2.45) is 0 Å². The van der Waals surface area contributed by atoms with Gasteiger partial charge in [-0.3, -0.25) is 0 Å². The number of hydrogen-bond acceptors (Lipinski definition) is 3. The van der Waals surface area contributed by atoms with Crippen LogP contribution in [0.4, 0.5) is 5.69 Å². The zero-order valence-corrected chi connectivity index (χ0v) is 16.9. The fourth-order valence-corrected chi connectivity index (χ4v) is 4.43. The largest absolute Gasteiger partial charge is 0.386 e. The molecule has 3 nitrogen and oxygen atoms in total.